The van der Waals surface area contributed by atoms with E-state index in [0.29, 0.717) is 5.56 Å². The van der Waals surface area contributed by atoms with Gasteiger partial charge in [-0.25, -0.2) is 18.0 Å². The van der Waals surface area contributed by atoms with Crippen molar-refractivity contribution in [2.45, 2.75) is 37.6 Å². The lowest BCUT2D eigenvalue weighted by molar-refractivity contribution is -0.139. The number of carbonyl (C=O) groups is 2. The van der Waals surface area contributed by atoms with Gasteiger partial charge in [-0.15, -0.1) is 0 Å². The predicted molar refractivity (Wildman–Crippen MR) is 117 cm³/mol. The molecule has 0 fully saturated rings. The van der Waals surface area contributed by atoms with Crippen molar-refractivity contribution in [1.82, 2.24) is 10.6 Å². The van der Waals surface area contributed by atoms with Crippen LogP contribution in [0.3, 0.4) is 0 Å². The molecule has 1 heterocycles. The second kappa shape index (κ2) is 9.34. The molecule has 0 unspecified atom stereocenters. The molecule has 7 nitrogen and oxygen atoms in total. The van der Waals surface area contributed by atoms with E-state index >= 15 is 0 Å². The lowest BCUT2D eigenvalue weighted by Crippen LogP contribution is -2.47. The Morgan fingerprint density at radius 3 is 2.29 bits per heavy atom. The first kappa shape index (κ1) is 22.6. The third-order valence-electron chi connectivity index (χ3n) is 5.02. The van der Waals surface area contributed by atoms with Crippen molar-refractivity contribution in [3.8, 4) is 0 Å². The van der Waals surface area contributed by atoms with E-state index in [0.717, 1.165) is 5.56 Å². The SMILES string of the molecule is CCOC(=O)C1=C(CS(=O)(=O)c2ccc(C(C)C)cc2)NC(=O)N[C@H]1c1ccccc1. The number of ether oxygens (including phenoxy) is 1. The van der Waals surface area contributed by atoms with Gasteiger partial charge in [0.05, 0.1) is 28.9 Å². The van der Waals surface area contributed by atoms with Gasteiger partial charge in [0, 0.05) is 5.70 Å². The highest BCUT2D eigenvalue weighted by Gasteiger charge is 2.35. The minimum absolute atomic E-state index is 0.0176. The summed E-state index contributed by atoms with van der Waals surface area (Å²) in [5, 5.41) is 5.20. The molecule has 0 saturated carbocycles. The van der Waals surface area contributed by atoms with E-state index in [1.54, 1.807) is 55.5 Å². The molecule has 2 N–H and O–H groups in total. The Kier molecular flexibility index (Phi) is 6.80. The van der Waals surface area contributed by atoms with E-state index in [1.807, 2.05) is 19.9 Å². The highest BCUT2D eigenvalue weighted by Crippen LogP contribution is 2.29. The van der Waals surface area contributed by atoms with Gasteiger partial charge >= 0.3 is 12.0 Å². The number of esters is 1. The van der Waals surface area contributed by atoms with Gasteiger partial charge < -0.3 is 15.4 Å². The van der Waals surface area contributed by atoms with E-state index < -0.39 is 33.6 Å². The second-order valence-electron chi connectivity index (χ2n) is 7.54. The fourth-order valence-corrected chi connectivity index (χ4v) is 4.74. The Hall–Kier alpha value is -3.13. The summed E-state index contributed by atoms with van der Waals surface area (Å²) in [6.45, 7) is 5.83. The zero-order valence-electron chi connectivity index (χ0n) is 17.7. The number of carbonyl (C=O) groups excluding carboxylic acids is 2. The Labute approximate surface area is 182 Å². The minimum Gasteiger partial charge on any atom is -0.463 e. The van der Waals surface area contributed by atoms with Crippen LogP contribution >= 0.6 is 0 Å². The Bertz CT molecular complexity index is 1090. The molecule has 0 spiro atoms. The molecule has 2 aromatic carbocycles. The topological polar surface area (TPSA) is 102 Å². The van der Waals surface area contributed by atoms with Gasteiger partial charge in [0.15, 0.2) is 9.84 Å². The molecule has 1 atom stereocenters. The summed E-state index contributed by atoms with van der Waals surface area (Å²) in [7, 11) is -3.82. The first-order valence-electron chi connectivity index (χ1n) is 10.1. The van der Waals surface area contributed by atoms with Crippen LogP contribution in [-0.2, 0) is 19.4 Å². The molecule has 31 heavy (non-hydrogen) atoms. The quantitative estimate of drug-likeness (QED) is 0.640. The van der Waals surface area contributed by atoms with Crippen molar-refractivity contribution < 1.29 is 22.7 Å². The largest absolute Gasteiger partial charge is 0.463 e. The standard InChI is InChI=1S/C23H26N2O5S/c1-4-30-22(26)20-19(24-23(27)25-21(20)17-8-6-5-7-9-17)14-31(28,29)18-12-10-16(11-13-18)15(2)3/h5-13,15,21H,4,14H2,1-3H3,(H2,24,25,27)/t21-/m0/s1. The molecule has 164 valence electrons. The molecule has 0 radical (unpaired) electrons. The van der Waals surface area contributed by atoms with Crippen LogP contribution in [0, 0.1) is 0 Å². The fourth-order valence-electron chi connectivity index (χ4n) is 3.41. The summed E-state index contributed by atoms with van der Waals surface area (Å²) in [5.41, 5.74) is 1.76. The number of urea groups is 1. The average Bonchev–Trinajstić information content (AvgIpc) is 2.74. The van der Waals surface area contributed by atoms with Crippen LogP contribution in [0.25, 0.3) is 0 Å². The zero-order valence-corrected chi connectivity index (χ0v) is 18.5. The maximum absolute atomic E-state index is 13.1. The van der Waals surface area contributed by atoms with E-state index in [4.69, 9.17) is 4.74 Å². The Balaban J connectivity index is 2.04. The van der Waals surface area contributed by atoms with Crippen molar-refractivity contribution in [3.63, 3.8) is 0 Å². The average molecular weight is 443 g/mol. The van der Waals surface area contributed by atoms with Crippen molar-refractivity contribution in [2.24, 2.45) is 0 Å². The summed E-state index contributed by atoms with van der Waals surface area (Å²) in [6.07, 6.45) is 0. The number of benzene rings is 2. The smallest absolute Gasteiger partial charge is 0.338 e. The molecule has 0 aliphatic carbocycles. The zero-order chi connectivity index (χ0) is 22.6. The Morgan fingerprint density at radius 2 is 1.71 bits per heavy atom. The van der Waals surface area contributed by atoms with Crippen LogP contribution in [-0.4, -0.2) is 32.8 Å². The highest BCUT2D eigenvalue weighted by atomic mass is 32.2. The van der Waals surface area contributed by atoms with Gasteiger partial charge in [-0.1, -0.05) is 56.3 Å². The number of nitrogens with one attached hydrogen (secondary N) is 2. The van der Waals surface area contributed by atoms with E-state index in [1.165, 1.54) is 0 Å². The molecular formula is C23H26N2O5S. The number of hydrogen-bond acceptors (Lipinski definition) is 5. The number of amides is 2. The van der Waals surface area contributed by atoms with E-state index in [2.05, 4.69) is 10.6 Å². The molecule has 3 rings (SSSR count). The third-order valence-corrected chi connectivity index (χ3v) is 6.68. The Morgan fingerprint density at radius 1 is 1.06 bits per heavy atom. The summed E-state index contributed by atoms with van der Waals surface area (Å²) < 4.78 is 31.4. The van der Waals surface area contributed by atoms with Gasteiger partial charge in [0.1, 0.15) is 0 Å². The molecular weight excluding hydrogens is 416 g/mol. The van der Waals surface area contributed by atoms with Gasteiger partial charge in [-0.3, -0.25) is 0 Å². The summed E-state index contributed by atoms with van der Waals surface area (Å²) >= 11 is 0. The van der Waals surface area contributed by atoms with E-state index in [-0.39, 0.29) is 28.7 Å². The van der Waals surface area contributed by atoms with E-state index in [9.17, 15) is 18.0 Å². The van der Waals surface area contributed by atoms with Crippen molar-refractivity contribution in [1.29, 1.82) is 0 Å². The monoisotopic (exact) mass is 442 g/mol. The lowest BCUT2D eigenvalue weighted by atomic mass is 9.95. The molecule has 0 aromatic heterocycles. The first-order chi connectivity index (χ1) is 14.7. The highest BCUT2D eigenvalue weighted by molar-refractivity contribution is 7.91. The molecule has 2 aromatic rings. The normalized spacial score (nSPS) is 16.6. The number of rotatable bonds is 7. The summed E-state index contributed by atoms with van der Waals surface area (Å²) in [4.78, 5) is 25.2. The molecule has 0 bridgehead atoms. The molecule has 1 aliphatic heterocycles. The third kappa shape index (κ3) is 5.14. The molecule has 8 heteroatoms. The summed E-state index contributed by atoms with van der Waals surface area (Å²) in [5.74, 6) is -0.937. The van der Waals surface area contributed by atoms with Crippen LogP contribution < -0.4 is 10.6 Å². The van der Waals surface area contributed by atoms with Gasteiger partial charge in [-0.05, 0) is 36.1 Å². The summed E-state index contributed by atoms with van der Waals surface area (Å²) in [6, 6.07) is 14.1. The predicted octanol–water partition coefficient (Wildman–Crippen LogP) is 3.46. The number of sulfone groups is 1. The van der Waals surface area contributed by atoms with Gasteiger partial charge in [0.2, 0.25) is 0 Å². The number of hydrogen-bond donors (Lipinski definition) is 2. The molecule has 2 amide bonds. The van der Waals surface area contributed by atoms with Crippen molar-refractivity contribution in [3.05, 3.63) is 77.0 Å². The van der Waals surface area contributed by atoms with Crippen molar-refractivity contribution in [2.75, 3.05) is 12.4 Å². The van der Waals surface area contributed by atoms with Crippen LogP contribution in [0.1, 0.15) is 43.9 Å². The second-order valence-corrected chi connectivity index (χ2v) is 9.53. The van der Waals surface area contributed by atoms with Crippen LogP contribution in [0.4, 0.5) is 4.79 Å². The maximum Gasteiger partial charge on any atom is 0.338 e. The minimum atomic E-state index is -3.82. The first-order valence-corrected chi connectivity index (χ1v) is 11.7. The maximum atomic E-state index is 13.1. The van der Waals surface area contributed by atoms with Gasteiger partial charge in [0.25, 0.3) is 0 Å². The van der Waals surface area contributed by atoms with Crippen LogP contribution in [0.5, 0.6) is 0 Å². The van der Waals surface area contributed by atoms with Crippen LogP contribution in [0.2, 0.25) is 0 Å². The molecule has 1 aliphatic rings. The van der Waals surface area contributed by atoms with Gasteiger partial charge in [-0.2, -0.15) is 0 Å². The lowest BCUT2D eigenvalue weighted by Gasteiger charge is -2.29. The van der Waals surface area contributed by atoms with Crippen LogP contribution in [0.15, 0.2) is 70.8 Å². The fraction of sp³-hybridized carbons (Fsp3) is 0.304. The molecule has 0 saturated heterocycles. The van der Waals surface area contributed by atoms with Crippen molar-refractivity contribution >= 4 is 21.8 Å².